The predicted octanol–water partition coefficient (Wildman–Crippen LogP) is 2.90. The van der Waals surface area contributed by atoms with Gasteiger partial charge in [-0.15, -0.1) is 24.7 Å². The smallest absolute Gasteiger partial charge is 0.140 e. The van der Waals surface area contributed by atoms with Crippen molar-refractivity contribution in [3.8, 4) is 24.7 Å². The summed E-state index contributed by atoms with van der Waals surface area (Å²) in [4.78, 5) is 22.8. The van der Waals surface area contributed by atoms with E-state index >= 15 is 0 Å². The number of ketones is 2. The SMILES string of the molecule is C#CCCCCC(=O)CC(=O)CCCCC#C. The van der Waals surface area contributed by atoms with Crippen LogP contribution in [0.1, 0.15) is 57.8 Å². The van der Waals surface area contributed by atoms with Gasteiger partial charge in [0.15, 0.2) is 0 Å². The summed E-state index contributed by atoms with van der Waals surface area (Å²) >= 11 is 0. The third-order valence-electron chi connectivity index (χ3n) is 2.45. The molecule has 0 N–H and O–H groups in total. The van der Waals surface area contributed by atoms with Crippen molar-refractivity contribution < 1.29 is 9.59 Å². The first-order valence-corrected chi connectivity index (χ1v) is 6.11. The van der Waals surface area contributed by atoms with Crippen LogP contribution in [-0.4, -0.2) is 11.6 Å². The van der Waals surface area contributed by atoms with E-state index in [0.29, 0.717) is 25.7 Å². The largest absolute Gasteiger partial charge is 0.299 e. The van der Waals surface area contributed by atoms with E-state index in [9.17, 15) is 9.59 Å². The maximum absolute atomic E-state index is 11.4. The number of hydrogen-bond acceptors (Lipinski definition) is 2. The number of rotatable bonds is 10. The molecule has 0 amide bonds. The monoisotopic (exact) mass is 232 g/mol. The van der Waals surface area contributed by atoms with Gasteiger partial charge in [-0.25, -0.2) is 0 Å². The van der Waals surface area contributed by atoms with Gasteiger partial charge in [0.1, 0.15) is 11.6 Å². The molecule has 0 saturated carbocycles. The fourth-order valence-corrected chi connectivity index (χ4v) is 1.50. The molecule has 2 heteroatoms. The summed E-state index contributed by atoms with van der Waals surface area (Å²) in [5, 5.41) is 0. The van der Waals surface area contributed by atoms with E-state index < -0.39 is 0 Å². The predicted molar refractivity (Wildman–Crippen MR) is 69.2 cm³/mol. The summed E-state index contributed by atoms with van der Waals surface area (Å²) < 4.78 is 0. The first-order valence-electron chi connectivity index (χ1n) is 6.11. The van der Waals surface area contributed by atoms with Crippen LogP contribution in [0.15, 0.2) is 0 Å². The van der Waals surface area contributed by atoms with Gasteiger partial charge in [-0.3, -0.25) is 9.59 Å². The molecule has 0 aliphatic carbocycles. The number of carbonyl (C=O) groups is 2. The number of terminal acetylenes is 2. The highest BCUT2D eigenvalue weighted by Gasteiger charge is 2.08. The highest BCUT2D eigenvalue weighted by molar-refractivity contribution is 5.98. The Hall–Kier alpha value is -1.54. The van der Waals surface area contributed by atoms with E-state index in [1.807, 2.05) is 0 Å². The summed E-state index contributed by atoms with van der Waals surface area (Å²) in [5.74, 6) is 5.12. The van der Waals surface area contributed by atoms with Crippen LogP contribution >= 0.6 is 0 Å². The maximum Gasteiger partial charge on any atom is 0.140 e. The van der Waals surface area contributed by atoms with E-state index in [1.54, 1.807) is 0 Å². The van der Waals surface area contributed by atoms with Crippen LogP contribution in [0.25, 0.3) is 0 Å². The lowest BCUT2D eigenvalue weighted by Crippen LogP contribution is -2.07. The Kier molecular flexibility index (Phi) is 9.97. The van der Waals surface area contributed by atoms with Gasteiger partial charge < -0.3 is 0 Å². The molecule has 0 heterocycles. The quantitative estimate of drug-likeness (QED) is 0.330. The van der Waals surface area contributed by atoms with E-state index in [4.69, 9.17) is 12.8 Å². The minimum absolute atomic E-state index is 0.0315. The molecule has 0 aliphatic heterocycles. The van der Waals surface area contributed by atoms with Crippen molar-refractivity contribution >= 4 is 11.6 Å². The molecular formula is C15H20O2. The van der Waals surface area contributed by atoms with Crippen LogP contribution in [0, 0.1) is 24.7 Å². The molecule has 0 unspecified atom stereocenters. The van der Waals surface area contributed by atoms with E-state index in [0.717, 1.165) is 25.7 Å². The zero-order valence-corrected chi connectivity index (χ0v) is 10.3. The van der Waals surface area contributed by atoms with Crippen LogP contribution in [0.4, 0.5) is 0 Å². The van der Waals surface area contributed by atoms with Crippen LogP contribution in [0.2, 0.25) is 0 Å². The lowest BCUT2D eigenvalue weighted by molar-refractivity contribution is -0.127. The van der Waals surface area contributed by atoms with Gasteiger partial charge in [-0.05, 0) is 25.7 Å². The average Bonchev–Trinajstić information content (AvgIpc) is 2.30. The van der Waals surface area contributed by atoms with E-state index in [2.05, 4.69) is 11.8 Å². The van der Waals surface area contributed by atoms with Gasteiger partial charge in [0.2, 0.25) is 0 Å². The standard InChI is InChI=1S/C15H20O2/c1-3-5-7-9-11-14(16)13-15(17)12-10-8-6-4-2/h1-2H,5-13H2. The van der Waals surface area contributed by atoms with Gasteiger partial charge in [0, 0.05) is 25.7 Å². The average molecular weight is 232 g/mol. The Morgan fingerprint density at radius 3 is 1.53 bits per heavy atom. The summed E-state index contributed by atoms with van der Waals surface area (Å²) in [6, 6.07) is 0. The third kappa shape index (κ3) is 10.7. The molecule has 2 nitrogen and oxygen atoms in total. The zero-order valence-electron chi connectivity index (χ0n) is 10.3. The molecule has 0 atom stereocenters. The Bertz CT molecular complexity index is 283. The molecule has 0 rings (SSSR count). The van der Waals surface area contributed by atoms with Crippen LogP contribution in [0.5, 0.6) is 0 Å². The van der Waals surface area contributed by atoms with Crippen molar-refractivity contribution in [2.45, 2.75) is 57.8 Å². The van der Waals surface area contributed by atoms with Crippen molar-refractivity contribution in [1.82, 2.24) is 0 Å². The first-order chi connectivity index (χ1) is 8.20. The van der Waals surface area contributed by atoms with Crippen molar-refractivity contribution in [2.75, 3.05) is 0 Å². The fourth-order valence-electron chi connectivity index (χ4n) is 1.50. The number of hydrogen-bond donors (Lipinski definition) is 0. The maximum atomic E-state index is 11.4. The number of unbranched alkanes of at least 4 members (excludes halogenated alkanes) is 4. The molecule has 0 aromatic rings. The Balaban J connectivity index is 3.50. The van der Waals surface area contributed by atoms with Crippen molar-refractivity contribution in [3.05, 3.63) is 0 Å². The van der Waals surface area contributed by atoms with Crippen LogP contribution in [0.3, 0.4) is 0 Å². The molecule has 0 aromatic carbocycles. The van der Waals surface area contributed by atoms with Crippen LogP contribution in [-0.2, 0) is 9.59 Å². The zero-order chi connectivity index (χ0) is 12.9. The molecule has 17 heavy (non-hydrogen) atoms. The summed E-state index contributed by atoms with van der Waals surface area (Å²) in [5.41, 5.74) is 0. The minimum Gasteiger partial charge on any atom is -0.299 e. The Morgan fingerprint density at radius 2 is 1.18 bits per heavy atom. The Morgan fingerprint density at radius 1 is 0.765 bits per heavy atom. The number of Topliss-reactive ketones (excluding diaryl/α,β-unsaturated/α-hetero) is 2. The van der Waals surface area contributed by atoms with Gasteiger partial charge in [0.05, 0.1) is 6.42 Å². The molecule has 92 valence electrons. The van der Waals surface area contributed by atoms with Gasteiger partial charge in [0.25, 0.3) is 0 Å². The summed E-state index contributed by atoms with van der Waals surface area (Å²) in [6.07, 6.45) is 15.9. The van der Waals surface area contributed by atoms with Crippen LogP contribution < -0.4 is 0 Å². The molecule has 0 bridgehead atoms. The van der Waals surface area contributed by atoms with Gasteiger partial charge in [-0.1, -0.05) is 0 Å². The first kappa shape index (κ1) is 15.5. The highest BCUT2D eigenvalue weighted by atomic mass is 16.1. The van der Waals surface area contributed by atoms with E-state index in [1.165, 1.54) is 0 Å². The molecule has 0 radical (unpaired) electrons. The molecule has 0 fully saturated rings. The van der Waals surface area contributed by atoms with E-state index in [-0.39, 0.29) is 18.0 Å². The van der Waals surface area contributed by atoms with Crippen molar-refractivity contribution in [3.63, 3.8) is 0 Å². The molecule has 0 aromatic heterocycles. The second kappa shape index (κ2) is 11.0. The Labute approximate surface area is 104 Å². The third-order valence-corrected chi connectivity index (χ3v) is 2.45. The normalized spacial score (nSPS) is 9.29. The lowest BCUT2D eigenvalue weighted by Gasteiger charge is -2.00. The molecule has 0 saturated heterocycles. The van der Waals surface area contributed by atoms with Gasteiger partial charge >= 0.3 is 0 Å². The second-order valence-electron chi connectivity index (χ2n) is 4.08. The second-order valence-corrected chi connectivity index (χ2v) is 4.08. The fraction of sp³-hybridized carbons (Fsp3) is 0.600. The highest BCUT2D eigenvalue weighted by Crippen LogP contribution is 2.06. The van der Waals surface area contributed by atoms with Crippen molar-refractivity contribution in [2.24, 2.45) is 0 Å². The molecule has 0 spiro atoms. The number of carbonyl (C=O) groups excluding carboxylic acids is 2. The molecular weight excluding hydrogens is 212 g/mol. The van der Waals surface area contributed by atoms with Crippen molar-refractivity contribution in [1.29, 1.82) is 0 Å². The summed E-state index contributed by atoms with van der Waals surface area (Å²) in [6.45, 7) is 0. The summed E-state index contributed by atoms with van der Waals surface area (Å²) in [7, 11) is 0. The lowest BCUT2D eigenvalue weighted by atomic mass is 10.0. The molecule has 0 aliphatic rings. The topological polar surface area (TPSA) is 34.1 Å². The minimum atomic E-state index is 0.0315. The van der Waals surface area contributed by atoms with Gasteiger partial charge in [-0.2, -0.15) is 0 Å².